The number of piperidine rings is 1. The van der Waals surface area contributed by atoms with Crippen LogP contribution in [0.3, 0.4) is 0 Å². The number of hydrogen-bond acceptors (Lipinski definition) is 6. The van der Waals surface area contributed by atoms with Crippen molar-refractivity contribution < 1.29 is 9.53 Å². The third kappa shape index (κ3) is 4.53. The number of rotatable bonds is 5. The van der Waals surface area contributed by atoms with E-state index in [0.29, 0.717) is 5.69 Å². The van der Waals surface area contributed by atoms with Gasteiger partial charge < -0.3 is 24.4 Å². The zero-order valence-electron chi connectivity index (χ0n) is 17.3. The molecule has 2 aliphatic rings. The Labute approximate surface area is 171 Å². The molecule has 0 aromatic carbocycles. The van der Waals surface area contributed by atoms with Crippen molar-refractivity contribution in [2.75, 3.05) is 49.2 Å². The van der Waals surface area contributed by atoms with Crippen LogP contribution in [0.25, 0.3) is 0 Å². The van der Waals surface area contributed by atoms with E-state index in [4.69, 9.17) is 4.74 Å². The molecule has 1 amide bonds. The number of amides is 1. The van der Waals surface area contributed by atoms with Crippen molar-refractivity contribution in [2.45, 2.75) is 38.8 Å². The predicted molar refractivity (Wildman–Crippen MR) is 113 cm³/mol. The molecule has 0 radical (unpaired) electrons. The molecule has 8 nitrogen and oxygen atoms in total. The van der Waals surface area contributed by atoms with Gasteiger partial charge in [-0.25, -0.2) is 9.97 Å². The van der Waals surface area contributed by atoms with Crippen molar-refractivity contribution in [3.63, 3.8) is 0 Å². The first kappa shape index (κ1) is 19.7. The van der Waals surface area contributed by atoms with E-state index in [-0.39, 0.29) is 18.0 Å². The molecule has 2 aromatic heterocycles. The Kier molecular flexibility index (Phi) is 5.99. The van der Waals surface area contributed by atoms with Gasteiger partial charge in [0.05, 0.1) is 13.2 Å². The summed E-state index contributed by atoms with van der Waals surface area (Å²) in [5.41, 5.74) is 0.716. The van der Waals surface area contributed by atoms with Crippen LogP contribution in [0, 0.1) is 0 Å². The lowest BCUT2D eigenvalue weighted by atomic mass is 10.1. The highest BCUT2D eigenvalue weighted by molar-refractivity contribution is 5.93. The second-order valence-corrected chi connectivity index (χ2v) is 7.99. The minimum atomic E-state index is -0.00718. The van der Waals surface area contributed by atoms with E-state index in [1.807, 2.05) is 22.9 Å². The largest absolute Gasteiger partial charge is 0.378 e. The number of carbonyl (C=O) groups is 1. The molecule has 4 heterocycles. The van der Waals surface area contributed by atoms with Crippen molar-refractivity contribution in [1.82, 2.24) is 19.9 Å². The Morgan fingerprint density at radius 2 is 1.93 bits per heavy atom. The van der Waals surface area contributed by atoms with Gasteiger partial charge in [-0.1, -0.05) is 0 Å². The van der Waals surface area contributed by atoms with E-state index < -0.39 is 0 Å². The van der Waals surface area contributed by atoms with Gasteiger partial charge >= 0.3 is 0 Å². The molecule has 2 saturated heterocycles. The van der Waals surface area contributed by atoms with E-state index in [1.54, 1.807) is 6.33 Å². The molecule has 0 bridgehead atoms. The Bertz CT molecular complexity index is 830. The summed E-state index contributed by atoms with van der Waals surface area (Å²) in [6, 6.07) is 6.23. The number of hydrogen-bond donors (Lipinski definition) is 1. The average molecular weight is 399 g/mol. The molecule has 2 fully saturated rings. The monoisotopic (exact) mass is 398 g/mol. The maximum atomic E-state index is 12.8. The van der Waals surface area contributed by atoms with E-state index in [1.165, 1.54) is 0 Å². The molecule has 0 spiro atoms. The molecule has 2 aliphatic heterocycles. The second-order valence-electron chi connectivity index (χ2n) is 7.99. The molecular weight excluding hydrogens is 368 g/mol. The lowest BCUT2D eigenvalue weighted by Gasteiger charge is -2.34. The van der Waals surface area contributed by atoms with Gasteiger partial charge in [0, 0.05) is 50.5 Å². The first-order valence-electron chi connectivity index (χ1n) is 10.5. The predicted octanol–water partition coefficient (Wildman–Crippen LogP) is 2.09. The van der Waals surface area contributed by atoms with E-state index >= 15 is 0 Å². The van der Waals surface area contributed by atoms with Crippen molar-refractivity contribution in [3.8, 4) is 0 Å². The Morgan fingerprint density at radius 1 is 1.17 bits per heavy atom. The van der Waals surface area contributed by atoms with Gasteiger partial charge in [0.1, 0.15) is 23.7 Å². The van der Waals surface area contributed by atoms with Gasteiger partial charge in [0.15, 0.2) is 0 Å². The Hall–Kier alpha value is -2.61. The highest BCUT2D eigenvalue weighted by Gasteiger charge is 2.25. The van der Waals surface area contributed by atoms with Gasteiger partial charge in [-0.05, 0) is 38.8 Å². The Balaban J connectivity index is 1.42. The van der Waals surface area contributed by atoms with Crippen LogP contribution in [0.15, 0.2) is 30.7 Å². The van der Waals surface area contributed by atoms with E-state index in [9.17, 15) is 4.79 Å². The summed E-state index contributed by atoms with van der Waals surface area (Å²) in [4.78, 5) is 26.2. The molecular formula is C21H30N6O2. The van der Waals surface area contributed by atoms with Gasteiger partial charge in [0.2, 0.25) is 0 Å². The van der Waals surface area contributed by atoms with Gasteiger partial charge in [-0.15, -0.1) is 0 Å². The molecule has 1 unspecified atom stereocenters. The quantitative estimate of drug-likeness (QED) is 0.831. The fraction of sp³-hybridized carbons (Fsp3) is 0.571. The molecule has 156 valence electrons. The van der Waals surface area contributed by atoms with Crippen molar-refractivity contribution in [1.29, 1.82) is 0 Å². The number of morpholine rings is 1. The summed E-state index contributed by atoms with van der Waals surface area (Å²) in [5, 5.41) is 3.22. The zero-order chi connectivity index (χ0) is 20.2. The van der Waals surface area contributed by atoms with Gasteiger partial charge in [-0.3, -0.25) is 4.79 Å². The lowest BCUT2D eigenvalue weighted by molar-refractivity contribution is 0.0922. The van der Waals surface area contributed by atoms with Crippen LogP contribution in [0.4, 0.5) is 11.6 Å². The smallest absolute Gasteiger partial charge is 0.268 e. The van der Waals surface area contributed by atoms with E-state index in [2.05, 4.69) is 45.0 Å². The third-order valence-corrected chi connectivity index (χ3v) is 5.62. The molecule has 0 saturated carbocycles. The summed E-state index contributed by atoms with van der Waals surface area (Å²) < 4.78 is 7.44. The van der Waals surface area contributed by atoms with Crippen molar-refractivity contribution in [3.05, 3.63) is 36.4 Å². The summed E-state index contributed by atoms with van der Waals surface area (Å²) >= 11 is 0. The highest BCUT2D eigenvalue weighted by Crippen LogP contribution is 2.22. The molecule has 1 atom stereocenters. The topological polar surface area (TPSA) is 75.5 Å². The summed E-state index contributed by atoms with van der Waals surface area (Å²) in [7, 11) is 0. The second kappa shape index (κ2) is 8.82. The van der Waals surface area contributed by atoms with E-state index in [0.717, 1.165) is 63.9 Å². The normalized spacial score (nSPS) is 20.2. The Morgan fingerprint density at radius 3 is 2.69 bits per heavy atom. The average Bonchev–Trinajstić information content (AvgIpc) is 3.25. The van der Waals surface area contributed by atoms with Crippen LogP contribution in [0.1, 0.15) is 43.2 Å². The summed E-state index contributed by atoms with van der Waals surface area (Å²) in [6.45, 7) is 9.03. The van der Waals surface area contributed by atoms with Crippen LogP contribution in [0.2, 0.25) is 0 Å². The first-order chi connectivity index (χ1) is 14.1. The number of nitrogens with one attached hydrogen (secondary N) is 1. The minimum Gasteiger partial charge on any atom is -0.378 e. The fourth-order valence-corrected chi connectivity index (χ4v) is 4.07. The molecule has 29 heavy (non-hydrogen) atoms. The molecule has 8 heteroatoms. The summed E-state index contributed by atoms with van der Waals surface area (Å²) in [5.74, 6) is 1.86. The third-order valence-electron chi connectivity index (χ3n) is 5.62. The number of ether oxygens (including phenoxy) is 1. The summed E-state index contributed by atoms with van der Waals surface area (Å²) in [6.07, 6.45) is 5.59. The molecule has 2 aromatic rings. The fourth-order valence-electron chi connectivity index (χ4n) is 4.07. The first-order valence-corrected chi connectivity index (χ1v) is 10.5. The molecule has 1 N–H and O–H groups in total. The van der Waals surface area contributed by atoms with Crippen LogP contribution in [-0.2, 0) is 4.74 Å². The van der Waals surface area contributed by atoms with Gasteiger partial charge in [0.25, 0.3) is 5.91 Å². The zero-order valence-corrected chi connectivity index (χ0v) is 17.3. The van der Waals surface area contributed by atoms with Crippen LogP contribution >= 0.6 is 0 Å². The molecule has 4 rings (SSSR count). The van der Waals surface area contributed by atoms with Crippen LogP contribution in [0.5, 0.6) is 0 Å². The SMILES string of the molecule is CC(C)n1cccc1C(=O)NC1CCCN(c2cc(N3CCOCC3)ncn2)C1. The number of aromatic nitrogens is 3. The minimum absolute atomic E-state index is 0.00718. The van der Waals surface area contributed by atoms with Crippen LogP contribution in [-0.4, -0.2) is 65.9 Å². The highest BCUT2D eigenvalue weighted by atomic mass is 16.5. The van der Waals surface area contributed by atoms with Gasteiger partial charge in [-0.2, -0.15) is 0 Å². The lowest BCUT2D eigenvalue weighted by Crippen LogP contribution is -2.48. The number of anilines is 2. The van der Waals surface area contributed by atoms with Crippen molar-refractivity contribution >= 4 is 17.5 Å². The maximum absolute atomic E-state index is 12.8. The van der Waals surface area contributed by atoms with Crippen LogP contribution < -0.4 is 15.1 Å². The molecule has 0 aliphatic carbocycles. The number of carbonyl (C=O) groups excluding carboxylic acids is 1. The van der Waals surface area contributed by atoms with Crippen molar-refractivity contribution in [2.24, 2.45) is 0 Å². The standard InChI is InChI=1S/C21H30N6O2/c1-16(2)27-8-4-6-18(27)21(28)24-17-5-3-7-26(14-17)20-13-19(22-15-23-20)25-9-11-29-12-10-25/h4,6,8,13,15-17H,3,5,7,9-12,14H2,1-2H3,(H,24,28). The number of nitrogens with zero attached hydrogens (tertiary/aromatic N) is 5. The maximum Gasteiger partial charge on any atom is 0.268 e.